The molecule has 3 rings (SSSR count). The Morgan fingerprint density at radius 1 is 1.33 bits per heavy atom. The highest BCUT2D eigenvalue weighted by Crippen LogP contribution is 2.47. The van der Waals surface area contributed by atoms with E-state index in [0.717, 1.165) is 24.9 Å². The second-order valence-corrected chi connectivity index (χ2v) is 5.65. The molecular formula is C16H19N3O2. The Labute approximate surface area is 123 Å². The third-order valence-electron chi connectivity index (χ3n) is 4.12. The summed E-state index contributed by atoms with van der Waals surface area (Å²) in [6, 6.07) is 9.22. The lowest BCUT2D eigenvalue weighted by Gasteiger charge is -2.14. The molecule has 1 aromatic carbocycles. The molecule has 21 heavy (non-hydrogen) atoms. The number of nitrogens with one attached hydrogen (secondary N) is 1. The molecule has 1 heterocycles. The molecule has 1 aromatic heterocycles. The van der Waals surface area contributed by atoms with E-state index in [9.17, 15) is 4.79 Å². The number of hydrogen-bond acceptors (Lipinski definition) is 3. The van der Waals surface area contributed by atoms with Crippen LogP contribution in [-0.4, -0.2) is 33.9 Å². The molecule has 1 amide bonds. The molecule has 1 saturated carbocycles. The molecule has 5 nitrogen and oxygen atoms in total. The summed E-state index contributed by atoms with van der Waals surface area (Å²) in [5.41, 5.74) is 1.71. The predicted molar refractivity (Wildman–Crippen MR) is 79.3 cm³/mol. The summed E-state index contributed by atoms with van der Waals surface area (Å²) >= 11 is 0. The fourth-order valence-corrected chi connectivity index (χ4v) is 2.49. The first-order valence-electron chi connectivity index (χ1n) is 7.22. The fourth-order valence-electron chi connectivity index (χ4n) is 2.49. The van der Waals surface area contributed by atoms with Crippen LogP contribution in [0.2, 0.25) is 0 Å². The second kappa shape index (κ2) is 5.69. The number of rotatable bonds is 6. The molecule has 1 fully saturated rings. The monoisotopic (exact) mass is 285 g/mol. The Morgan fingerprint density at radius 2 is 2.10 bits per heavy atom. The number of aromatic nitrogens is 2. The highest BCUT2D eigenvalue weighted by Gasteiger charge is 2.41. The zero-order valence-electron chi connectivity index (χ0n) is 11.8. The molecule has 0 spiro atoms. The molecule has 110 valence electrons. The first kappa shape index (κ1) is 13.8. The van der Waals surface area contributed by atoms with Gasteiger partial charge in [0.2, 0.25) is 0 Å². The number of nitrogens with zero attached hydrogens (tertiary/aromatic N) is 2. The number of aliphatic hydroxyl groups is 1. The fraction of sp³-hybridized carbons (Fsp3) is 0.375. The van der Waals surface area contributed by atoms with Crippen LogP contribution in [0.4, 0.5) is 0 Å². The number of carbonyl (C=O) groups is 1. The van der Waals surface area contributed by atoms with Gasteiger partial charge in [-0.2, -0.15) is 5.10 Å². The summed E-state index contributed by atoms with van der Waals surface area (Å²) in [5, 5.41) is 16.1. The van der Waals surface area contributed by atoms with Gasteiger partial charge in [0, 0.05) is 31.1 Å². The molecule has 2 aromatic rings. The normalized spacial score (nSPS) is 15.7. The molecule has 0 saturated heterocycles. The largest absolute Gasteiger partial charge is 0.396 e. The summed E-state index contributed by atoms with van der Waals surface area (Å²) in [6.45, 7) is 0.835. The summed E-state index contributed by atoms with van der Waals surface area (Å²) in [6.07, 6.45) is 6.53. The van der Waals surface area contributed by atoms with E-state index in [1.807, 2.05) is 24.4 Å². The molecule has 0 bridgehead atoms. The Balaban J connectivity index is 1.60. The van der Waals surface area contributed by atoms with Gasteiger partial charge in [-0.05, 0) is 55.0 Å². The van der Waals surface area contributed by atoms with Gasteiger partial charge < -0.3 is 10.4 Å². The van der Waals surface area contributed by atoms with Gasteiger partial charge in [-0.3, -0.25) is 4.79 Å². The highest BCUT2D eigenvalue weighted by molar-refractivity contribution is 5.94. The number of carbonyl (C=O) groups excluding carboxylic acids is 1. The second-order valence-electron chi connectivity index (χ2n) is 5.65. The first-order valence-corrected chi connectivity index (χ1v) is 7.22. The molecule has 0 radical (unpaired) electrons. The van der Waals surface area contributed by atoms with Crippen molar-refractivity contribution in [2.24, 2.45) is 5.41 Å². The van der Waals surface area contributed by atoms with Gasteiger partial charge in [0.05, 0.1) is 5.69 Å². The molecule has 2 N–H and O–H groups in total. The van der Waals surface area contributed by atoms with Crippen molar-refractivity contribution in [1.29, 1.82) is 0 Å². The molecule has 1 aliphatic rings. The standard InChI is InChI=1S/C16H19N3O2/c20-11-8-16(6-7-16)12-17-15(21)13-2-4-14(5-3-13)19-10-1-9-18-19/h1-5,9-10,20H,6-8,11-12H2,(H,17,21). The van der Waals surface area contributed by atoms with Crippen LogP contribution >= 0.6 is 0 Å². The third kappa shape index (κ3) is 3.13. The van der Waals surface area contributed by atoms with Gasteiger partial charge in [0.1, 0.15) is 0 Å². The topological polar surface area (TPSA) is 67.2 Å². The highest BCUT2D eigenvalue weighted by atomic mass is 16.3. The molecular weight excluding hydrogens is 266 g/mol. The number of benzene rings is 1. The minimum atomic E-state index is -0.0637. The van der Waals surface area contributed by atoms with Crippen molar-refractivity contribution in [3.63, 3.8) is 0 Å². The van der Waals surface area contributed by atoms with Gasteiger partial charge in [-0.25, -0.2) is 4.68 Å². The van der Waals surface area contributed by atoms with Crippen LogP contribution in [0.3, 0.4) is 0 Å². The van der Waals surface area contributed by atoms with E-state index < -0.39 is 0 Å². The molecule has 0 atom stereocenters. The molecule has 5 heteroatoms. The van der Waals surface area contributed by atoms with Crippen molar-refractivity contribution in [3.05, 3.63) is 48.3 Å². The van der Waals surface area contributed by atoms with Crippen molar-refractivity contribution in [2.75, 3.05) is 13.2 Å². The zero-order valence-corrected chi connectivity index (χ0v) is 11.8. The molecule has 0 aliphatic heterocycles. The van der Waals surface area contributed by atoms with E-state index in [1.54, 1.807) is 23.0 Å². The number of amides is 1. The number of aliphatic hydroxyl groups excluding tert-OH is 1. The SMILES string of the molecule is O=C(NCC1(CCO)CC1)c1ccc(-n2cccn2)cc1. The van der Waals surface area contributed by atoms with E-state index >= 15 is 0 Å². The molecule has 0 unspecified atom stereocenters. The maximum Gasteiger partial charge on any atom is 0.251 e. The van der Waals surface area contributed by atoms with Crippen LogP contribution in [0, 0.1) is 5.41 Å². The van der Waals surface area contributed by atoms with Crippen LogP contribution in [-0.2, 0) is 0 Å². The summed E-state index contributed by atoms with van der Waals surface area (Å²) in [7, 11) is 0. The Kier molecular flexibility index (Phi) is 3.75. The van der Waals surface area contributed by atoms with E-state index in [4.69, 9.17) is 5.11 Å². The average molecular weight is 285 g/mol. The quantitative estimate of drug-likeness (QED) is 0.850. The third-order valence-corrected chi connectivity index (χ3v) is 4.12. The smallest absolute Gasteiger partial charge is 0.251 e. The van der Waals surface area contributed by atoms with Gasteiger partial charge in [0.15, 0.2) is 0 Å². The zero-order chi connectivity index (χ0) is 14.7. The van der Waals surface area contributed by atoms with Gasteiger partial charge in [-0.1, -0.05) is 0 Å². The van der Waals surface area contributed by atoms with E-state index in [2.05, 4.69) is 10.4 Å². The summed E-state index contributed by atoms with van der Waals surface area (Å²) in [5.74, 6) is -0.0637. The lowest BCUT2D eigenvalue weighted by Crippen LogP contribution is -2.30. The lowest BCUT2D eigenvalue weighted by molar-refractivity contribution is 0.0941. The lowest BCUT2D eigenvalue weighted by atomic mass is 10.0. The van der Waals surface area contributed by atoms with Crippen molar-refractivity contribution in [1.82, 2.24) is 15.1 Å². The van der Waals surface area contributed by atoms with Crippen LogP contribution in [0.15, 0.2) is 42.7 Å². The average Bonchev–Trinajstić information content (AvgIpc) is 3.06. The maximum absolute atomic E-state index is 12.1. The Morgan fingerprint density at radius 3 is 2.67 bits per heavy atom. The van der Waals surface area contributed by atoms with Crippen molar-refractivity contribution >= 4 is 5.91 Å². The Bertz CT molecular complexity index is 601. The van der Waals surface area contributed by atoms with E-state index in [0.29, 0.717) is 12.1 Å². The van der Waals surface area contributed by atoms with Crippen LogP contribution in [0.1, 0.15) is 29.6 Å². The van der Waals surface area contributed by atoms with Crippen LogP contribution in [0.5, 0.6) is 0 Å². The van der Waals surface area contributed by atoms with Gasteiger partial charge in [-0.15, -0.1) is 0 Å². The van der Waals surface area contributed by atoms with E-state index in [-0.39, 0.29) is 17.9 Å². The minimum Gasteiger partial charge on any atom is -0.396 e. The maximum atomic E-state index is 12.1. The summed E-state index contributed by atoms with van der Waals surface area (Å²) in [4.78, 5) is 12.1. The van der Waals surface area contributed by atoms with Gasteiger partial charge in [0.25, 0.3) is 5.91 Å². The summed E-state index contributed by atoms with van der Waals surface area (Å²) < 4.78 is 1.75. The first-order chi connectivity index (χ1) is 10.2. The van der Waals surface area contributed by atoms with Crippen molar-refractivity contribution < 1.29 is 9.90 Å². The molecule has 1 aliphatic carbocycles. The minimum absolute atomic E-state index is 0.0637. The van der Waals surface area contributed by atoms with Gasteiger partial charge >= 0.3 is 0 Å². The number of hydrogen-bond donors (Lipinski definition) is 2. The van der Waals surface area contributed by atoms with Crippen LogP contribution < -0.4 is 5.32 Å². The van der Waals surface area contributed by atoms with Crippen LogP contribution in [0.25, 0.3) is 5.69 Å². The van der Waals surface area contributed by atoms with E-state index in [1.165, 1.54) is 0 Å². The van der Waals surface area contributed by atoms with Crippen molar-refractivity contribution in [3.8, 4) is 5.69 Å². The van der Waals surface area contributed by atoms with Crippen molar-refractivity contribution in [2.45, 2.75) is 19.3 Å². The predicted octanol–water partition coefficient (Wildman–Crippen LogP) is 1.76. The Hall–Kier alpha value is -2.14.